The number of pyridine rings is 1. The number of nitro benzene ring substituents is 1. The van der Waals surface area contributed by atoms with Crippen LogP contribution in [0.25, 0.3) is 10.8 Å². The monoisotopic (exact) mass is 483 g/mol. The third kappa shape index (κ3) is 4.62. The number of methoxy groups -OCH3 is 1. The van der Waals surface area contributed by atoms with Crippen molar-refractivity contribution in [3.63, 3.8) is 0 Å². The molecule has 4 rings (SSSR count). The smallest absolute Gasteiger partial charge is 0.278 e. The van der Waals surface area contributed by atoms with Crippen LogP contribution in [-0.4, -0.2) is 60.0 Å². The number of non-ortho nitro benzene ring substituents is 1. The maximum atomic E-state index is 13.0. The van der Waals surface area contributed by atoms with Crippen LogP contribution in [0.4, 0.5) is 17.1 Å². The number of nitrogens with one attached hydrogen (secondary N) is 1. The van der Waals surface area contributed by atoms with Crippen molar-refractivity contribution in [2.75, 3.05) is 43.5 Å². The second-order valence-electron chi connectivity index (χ2n) is 8.27. The van der Waals surface area contributed by atoms with Crippen LogP contribution in [0.3, 0.4) is 0 Å². The number of hydrogen-bond acceptors (Lipinski definition) is 7. The third-order valence-corrected chi connectivity index (χ3v) is 6.70. The van der Waals surface area contributed by atoms with Gasteiger partial charge in [-0.25, -0.2) is 0 Å². The number of piperazine rings is 1. The van der Waals surface area contributed by atoms with Gasteiger partial charge in [-0.2, -0.15) is 0 Å². The van der Waals surface area contributed by atoms with Crippen molar-refractivity contribution in [2.45, 2.75) is 19.9 Å². The van der Waals surface area contributed by atoms with E-state index in [9.17, 15) is 14.9 Å². The van der Waals surface area contributed by atoms with Crippen LogP contribution in [0.2, 0.25) is 5.02 Å². The number of nitro groups is 1. The van der Waals surface area contributed by atoms with Gasteiger partial charge in [-0.15, -0.1) is 0 Å². The van der Waals surface area contributed by atoms with Crippen LogP contribution >= 0.6 is 11.6 Å². The summed E-state index contributed by atoms with van der Waals surface area (Å²) < 4.78 is 5.36. The van der Waals surface area contributed by atoms with E-state index in [0.29, 0.717) is 48.0 Å². The van der Waals surface area contributed by atoms with Gasteiger partial charge in [-0.3, -0.25) is 24.8 Å². The van der Waals surface area contributed by atoms with Crippen molar-refractivity contribution < 1.29 is 14.5 Å². The number of carbonyl (C=O) groups excluding carboxylic acids is 1. The SMILES string of the molecule is COc1cc(Cl)c(C)cc1NC(=O)C(C)N1CCN(c2ccc([N+](=O)[O-])c3cnccc23)CC1. The molecular formula is C24H26ClN5O4. The Bertz CT molecular complexity index is 1240. The average Bonchev–Trinajstić information content (AvgIpc) is 2.84. The normalized spacial score (nSPS) is 15.2. The van der Waals surface area contributed by atoms with Gasteiger partial charge >= 0.3 is 0 Å². The Hall–Kier alpha value is -3.43. The topological polar surface area (TPSA) is 101 Å². The highest BCUT2D eigenvalue weighted by Gasteiger charge is 2.27. The summed E-state index contributed by atoms with van der Waals surface area (Å²) in [6.45, 7) is 6.49. The molecule has 0 bridgehead atoms. The molecule has 10 heteroatoms. The van der Waals surface area contributed by atoms with E-state index in [1.165, 1.54) is 19.4 Å². The summed E-state index contributed by atoms with van der Waals surface area (Å²) in [6, 6.07) is 8.28. The van der Waals surface area contributed by atoms with Crippen LogP contribution in [0, 0.1) is 17.0 Å². The minimum Gasteiger partial charge on any atom is -0.495 e. The number of amides is 1. The van der Waals surface area contributed by atoms with E-state index in [0.717, 1.165) is 16.6 Å². The number of carbonyl (C=O) groups is 1. The van der Waals surface area contributed by atoms with E-state index in [1.54, 1.807) is 24.4 Å². The molecule has 1 saturated heterocycles. The maximum Gasteiger partial charge on any atom is 0.278 e. The van der Waals surface area contributed by atoms with Crippen molar-refractivity contribution in [2.24, 2.45) is 0 Å². The number of aromatic nitrogens is 1. The predicted molar refractivity (Wildman–Crippen MR) is 133 cm³/mol. The molecule has 0 radical (unpaired) electrons. The minimum absolute atomic E-state index is 0.0450. The van der Waals surface area contributed by atoms with Gasteiger partial charge < -0.3 is 15.0 Å². The third-order valence-electron chi connectivity index (χ3n) is 6.29. The molecule has 1 aliphatic rings. The zero-order valence-electron chi connectivity index (χ0n) is 19.2. The lowest BCUT2D eigenvalue weighted by atomic mass is 10.1. The molecule has 1 aliphatic heterocycles. The van der Waals surface area contributed by atoms with Crippen molar-refractivity contribution in [3.05, 3.63) is 63.4 Å². The van der Waals surface area contributed by atoms with Gasteiger partial charge in [-0.05, 0) is 37.6 Å². The molecular weight excluding hydrogens is 458 g/mol. The zero-order valence-corrected chi connectivity index (χ0v) is 20.0. The fraction of sp³-hybridized carbons (Fsp3) is 0.333. The van der Waals surface area contributed by atoms with Gasteiger partial charge in [0.1, 0.15) is 5.75 Å². The van der Waals surface area contributed by atoms with Crippen LogP contribution in [-0.2, 0) is 4.79 Å². The molecule has 1 N–H and O–H groups in total. The summed E-state index contributed by atoms with van der Waals surface area (Å²) in [6.07, 6.45) is 3.18. The molecule has 1 atom stereocenters. The largest absolute Gasteiger partial charge is 0.495 e. The molecule has 1 amide bonds. The number of hydrogen-bond donors (Lipinski definition) is 1. The summed E-state index contributed by atoms with van der Waals surface area (Å²) in [5, 5.41) is 16.3. The Labute approximate surface area is 202 Å². The lowest BCUT2D eigenvalue weighted by Crippen LogP contribution is -2.52. The highest BCUT2D eigenvalue weighted by atomic mass is 35.5. The van der Waals surface area contributed by atoms with Crippen molar-refractivity contribution in [1.82, 2.24) is 9.88 Å². The van der Waals surface area contributed by atoms with Crippen molar-refractivity contribution in [1.29, 1.82) is 0 Å². The second kappa shape index (κ2) is 9.82. The minimum atomic E-state index is -0.386. The van der Waals surface area contributed by atoms with Crippen molar-refractivity contribution >= 4 is 45.3 Å². The number of rotatable bonds is 6. The van der Waals surface area contributed by atoms with Crippen LogP contribution < -0.4 is 15.0 Å². The standard InChI is InChI=1S/C24H26ClN5O4/c1-15-12-20(23(34-3)13-19(15)25)27-24(31)16(2)28-8-10-29(11-9-28)21-4-5-22(30(32)33)18-14-26-7-6-17(18)21/h4-7,12-14,16H,8-11H2,1-3H3,(H,27,31). The summed E-state index contributed by atoms with van der Waals surface area (Å²) in [4.78, 5) is 32.4. The van der Waals surface area contributed by atoms with Gasteiger partial charge in [0.2, 0.25) is 5.91 Å². The number of benzene rings is 2. The Morgan fingerprint density at radius 3 is 2.62 bits per heavy atom. The quantitative estimate of drug-likeness (QED) is 0.413. The molecule has 178 valence electrons. The van der Waals surface area contributed by atoms with Crippen LogP contribution in [0.15, 0.2) is 42.7 Å². The van der Waals surface area contributed by atoms with Gasteiger partial charge in [0, 0.05) is 66.8 Å². The first-order valence-corrected chi connectivity index (χ1v) is 11.3. The number of fused-ring (bicyclic) bond motifs is 1. The van der Waals surface area contributed by atoms with Crippen LogP contribution in [0.5, 0.6) is 5.75 Å². The lowest BCUT2D eigenvalue weighted by Gasteiger charge is -2.39. The fourth-order valence-electron chi connectivity index (χ4n) is 4.28. The van der Waals surface area contributed by atoms with Crippen molar-refractivity contribution in [3.8, 4) is 5.75 Å². The maximum absolute atomic E-state index is 13.0. The van der Waals surface area contributed by atoms with Crippen LogP contribution in [0.1, 0.15) is 12.5 Å². The molecule has 9 nitrogen and oxygen atoms in total. The second-order valence-corrected chi connectivity index (χ2v) is 8.68. The summed E-state index contributed by atoms with van der Waals surface area (Å²) >= 11 is 6.17. The Kier molecular flexibility index (Phi) is 6.85. The fourth-order valence-corrected chi connectivity index (χ4v) is 4.43. The molecule has 0 aliphatic carbocycles. The van der Waals surface area contributed by atoms with E-state index in [-0.39, 0.29) is 22.6 Å². The van der Waals surface area contributed by atoms with Gasteiger partial charge in [0.05, 0.1) is 29.1 Å². The first kappa shape index (κ1) is 23.7. The molecule has 2 aromatic carbocycles. The molecule has 2 heterocycles. The first-order chi connectivity index (χ1) is 16.3. The van der Waals surface area contributed by atoms with E-state index in [1.807, 2.05) is 19.9 Å². The van der Waals surface area contributed by atoms with Gasteiger partial charge in [0.15, 0.2) is 0 Å². The number of ether oxygens (including phenoxy) is 1. The van der Waals surface area contributed by atoms with E-state index < -0.39 is 0 Å². The molecule has 3 aromatic rings. The highest BCUT2D eigenvalue weighted by Crippen LogP contribution is 2.34. The molecule has 0 saturated carbocycles. The Balaban J connectivity index is 1.45. The first-order valence-electron chi connectivity index (χ1n) is 10.9. The van der Waals surface area contributed by atoms with E-state index in [4.69, 9.17) is 16.3 Å². The Morgan fingerprint density at radius 2 is 1.94 bits per heavy atom. The van der Waals surface area contributed by atoms with Gasteiger partial charge in [0.25, 0.3) is 5.69 Å². The Morgan fingerprint density at radius 1 is 1.21 bits per heavy atom. The van der Waals surface area contributed by atoms with E-state index >= 15 is 0 Å². The predicted octanol–water partition coefficient (Wildman–Crippen LogP) is 4.26. The summed E-state index contributed by atoms with van der Waals surface area (Å²) in [5.74, 6) is 0.390. The summed E-state index contributed by atoms with van der Waals surface area (Å²) in [7, 11) is 1.54. The van der Waals surface area contributed by atoms with Gasteiger partial charge in [-0.1, -0.05) is 11.6 Å². The van der Waals surface area contributed by atoms with E-state index in [2.05, 4.69) is 20.1 Å². The number of nitrogens with zero attached hydrogens (tertiary/aromatic N) is 4. The number of aryl methyl sites for hydroxylation is 1. The zero-order chi connectivity index (χ0) is 24.4. The number of halogens is 1. The summed E-state index contributed by atoms with van der Waals surface area (Å²) in [5.41, 5.74) is 2.42. The molecule has 0 spiro atoms. The average molecular weight is 484 g/mol. The highest BCUT2D eigenvalue weighted by molar-refractivity contribution is 6.31. The lowest BCUT2D eigenvalue weighted by molar-refractivity contribution is -0.383. The number of anilines is 2. The molecule has 1 fully saturated rings. The molecule has 34 heavy (non-hydrogen) atoms. The molecule has 1 unspecified atom stereocenters. The molecule has 1 aromatic heterocycles.